The van der Waals surface area contributed by atoms with Gasteiger partial charge < -0.3 is 0 Å². The van der Waals surface area contributed by atoms with Gasteiger partial charge in [-0.25, -0.2) is 14.2 Å². The van der Waals surface area contributed by atoms with Gasteiger partial charge in [-0.05, 0) is 26.0 Å². The highest BCUT2D eigenvalue weighted by molar-refractivity contribution is 6.31. The molecule has 0 unspecified atom stereocenters. The molecule has 0 saturated carbocycles. The molecule has 1 aliphatic heterocycles. The third-order valence-electron chi connectivity index (χ3n) is 5.14. The number of nitrogens with zero attached hydrogens (tertiary/aromatic N) is 6. The minimum atomic E-state index is -0.470. The predicted molar refractivity (Wildman–Crippen MR) is 106 cm³/mol. The highest BCUT2D eigenvalue weighted by atomic mass is 35.5. The van der Waals surface area contributed by atoms with Crippen molar-refractivity contribution < 1.29 is 4.39 Å². The van der Waals surface area contributed by atoms with Crippen molar-refractivity contribution in [3.63, 3.8) is 0 Å². The number of aryl methyl sites for hydroxylation is 1. The molecule has 0 spiro atoms. The fourth-order valence-electron chi connectivity index (χ4n) is 3.40. The Balaban J connectivity index is 1.99. The molecule has 0 amide bonds. The Labute approximate surface area is 164 Å². The lowest BCUT2D eigenvalue weighted by Crippen LogP contribution is -2.38. The van der Waals surface area contributed by atoms with Crippen LogP contribution in [0.25, 0.3) is 11.2 Å². The van der Waals surface area contributed by atoms with Crippen molar-refractivity contribution in [2.75, 3.05) is 5.01 Å². The highest BCUT2D eigenvalue weighted by Crippen LogP contribution is 2.32. The Morgan fingerprint density at radius 1 is 1.21 bits per heavy atom. The summed E-state index contributed by atoms with van der Waals surface area (Å²) in [4.78, 5) is 29.6. The lowest BCUT2D eigenvalue weighted by molar-refractivity contribution is 0.592. The van der Waals surface area contributed by atoms with Crippen molar-refractivity contribution in [2.24, 2.45) is 19.2 Å². The molecule has 0 bridgehead atoms. The van der Waals surface area contributed by atoms with Crippen molar-refractivity contribution in [1.82, 2.24) is 18.7 Å². The number of hydrogen-bond acceptors (Lipinski definition) is 5. The van der Waals surface area contributed by atoms with E-state index >= 15 is 0 Å². The molecular weight excluding hydrogens is 387 g/mol. The van der Waals surface area contributed by atoms with Gasteiger partial charge in [-0.2, -0.15) is 10.1 Å². The van der Waals surface area contributed by atoms with Crippen molar-refractivity contribution in [3.05, 3.63) is 55.4 Å². The zero-order chi connectivity index (χ0) is 20.3. The minimum Gasteiger partial charge on any atom is -0.294 e. The Kier molecular flexibility index (Phi) is 4.15. The molecule has 1 aliphatic rings. The lowest BCUT2D eigenvalue weighted by atomic mass is 10.2. The molecule has 146 valence electrons. The van der Waals surface area contributed by atoms with E-state index < -0.39 is 17.1 Å². The van der Waals surface area contributed by atoms with Crippen LogP contribution in [0, 0.1) is 5.82 Å². The number of imidazole rings is 1. The van der Waals surface area contributed by atoms with E-state index in [9.17, 15) is 14.0 Å². The summed E-state index contributed by atoms with van der Waals surface area (Å²) in [6.45, 7) is 3.75. The second kappa shape index (κ2) is 6.30. The van der Waals surface area contributed by atoms with E-state index in [1.165, 1.54) is 28.8 Å². The molecule has 8 nitrogen and oxygen atoms in total. The molecule has 28 heavy (non-hydrogen) atoms. The van der Waals surface area contributed by atoms with E-state index in [-0.39, 0.29) is 28.8 Å². The molecule has 4 rings (SSSR count). The number of rotatable bonds is 2. The first-order valence-corrected chi connectivity index (χ1v) is 9.03. The van der Waals surface area contributed by atoms with E-state index in [1.807, 2.05) is 13.8 Å². The lowest BCUT2D eigenvalue weighted by Gasteiger charge is -2.29. The van der Waals surface area contributed by atoms with Gasteiger partial charge in [-0.1, -0.05) is 17.7 Å². The maximum atomic E-state index is 14.3. The van der Waals surface area contributed by atoms with E-state index in [2.05, 4.69) is 10.1 Å². The van der Waals surface area contributed by atoms with Crippen molar-refractivity contribution in [1.29, 1.82) is 0 Å². The molecule has 0 fully saturated rings. The maximum Gasteiger partial charge on any atom is 0.332 e. The van der Waals surface area contributed by atoms with Crippen molar-refractivity contribution in [3.8, 4) is 0 Å². The zero-order valence-electron chi connectivity index (χ0n) is 15.8. The summed E-state index contributed by atoms with van der Waals surface area (Å²) < 4.78 is 18.4. The number of anilines is 1. The van der Waals surface area contributed by atoms with Gasteiger partial charge in [0, 0.05) is 24.7 Å². The fourth-order valence-corrected chi connectivity index (χ4v) is 3.62. The molecule has 3 aromatic rings. The Morgan fingerprint density at radius 2 is 1.93 bits per heavy atom. The molecule has 3 heterocycles. The van der Waals surface area contributed by atoms with Gasteiger partial charge in [0.2, 0.25) is 5.95 Å². The van der Waals surface area contributed by atoms with E-state index in [1.54, 1.807) is 17.7 Å². The Bertz CT molecular complexity index is 1250. The summed E-state index contributed by atoms with van der Waals surface area (Å²) >= 11 is 6.17. The van der Waals surface area contributed by atoms with Crippen LogP contribution in [-0.2, 0) is 20.6 Å². The first-order valence-electron chi connectivity index (χ1n) is 8.65. The molecule has 0 aliphatic carbocycles. The normalized spacial score (nSPS) is 16.4. The summed E-state index contributed by atoms with van der Waals surface area (Å²) in [5, 5.41) is 6.31. The number of hydrogen-bond donors (Lipinski definition) is 0. The average Bonchev–Trinajstić information content (AvgIpc) is 3.06. The van der Waals surface area contributed by atoms with Crippen LogP contribution in [0.1, 0.15) is 25.5 Å². The molecule has 2 aromatic heterocycles. The van der Waals surface area contributed by atoms with Crippen molar-refractivity contribution >= 4 is 34.4 Å². The summed E-state index contributed by atoms with van der Waals surface area (Å²) in [5.41, 5.74) is 0.630. The number of aromatic nitrogens is 4. The summed E-state index contributed by atoms with van der Waals surface area (Å²) in [6.07, 6.45) is 0. The highest BCUT2D eigenvalue weighted by Gasteiger charge is 2.31. The number of halogens is 2. The molecule has 0 N–H and O–H groups in total. The number of fused-ring (bicyclic) bond motifs is 3. The monoisotopic (exact) mass is 404 g/mol. The Hall–Kier alpha value is -2.94. The summed E-state index contributed by atoms with van der Waals surface area (Å²) in [6, 6.07) is 4.21. The molecule has 0 radical (unpaired) electrons. The molecule has 0 saturated heterocycles. The van der Waals surface area contributed by atoms with Crippen LogP contribution in [0.2, 0.25) is 5.02 Å². The van der Waals surface area contributed by atoms with Gasteiger partial charge in [-0.3, -0.25) is 18.5 Å². The molecule has 1 atom stereocenters. The van der Waals surface area contributed by atoms with E-state index in [0.717, 1.165) is 10.3 Å². The standard InChI is InChI=1S/C18H18ClFN6O2/c1-9-10(2)26-14-15(23(3)18(28)24(4)16(14)27)21-17(26)25(22-9)8-11-12(19)6-5-7-13(11)20/h5-7,10H,8H2,1-4H3/t10-/m1/s1. The SMILES string of the molecule is CC1=NN(Cc2c(F)cccc2Cl)c2nc3c(c(=O)n(C)c(=O)n3C)n2[C@@H]1C. The smallest absolute Gasteiger partial charge is 0.294 e. The molecule has 10 heteroatoms. The van der Waals surface area contributed by atoms with Gasteiger partial charge in [0.1, 0.15) is 5.82 Å². The predicted octanol–water partition coefficient (Wildman–Crippen LogP) is 2.18. The third kappa shape index (κ3) is 2.50. The minimum absolute atomic E-state index is 0.0349. The molecule has 1 aromatic carbocycles. The first kappa shape index (κ1) is 18.4. The van der Waals surface area contributed by atoms with Gasteiger partial charge >= 0.3 is 5.69 Å². The van der Waals surface area contributed by atoms with Gasteiger partial charge in [0.25, 0.3) is 5.56 Å². The third-order valence-corrected chi connectivity index (χ3v) is 5.50. The van der Waals surface area contributed by atoms with Crippen LogP contribution >= 0.6 is 11.6 Å². The number of hydrazone groups is 1. The van der Waals surface area contributed by atoms with Gasteiger partial charge in [-0.15, -0.1) is 0 Å². The average molecular weight is 405 g/mol. The van der Waals surface area contributed by atoms with Crippen LogP contribution in [-0.4, -0.2) is 24.4 Å². The maximum absolute atomic E-state index is 14.3. The summed E-state index contributed by atoms with van der Waals surface area (Å²) in [5.74, 6) is -0.101. The Morgan fingerprint density at radius 3 is 2.61 bits per heavy atom. The van der Waals surface area contributed by atoms with Crippen molar-refractivity contribution in [2.45, 2.75) is 26.4 Å². The number of benzene rings is 1. The van der Waals surface area contributed by atoms with Crippen LogP contribution in [0.5, 0.6) is 0 Å². The molecular formula is C18H18ClFN6O2. The van der Waals surface area contributed by atoms with Gasteiger partial charge in [0.15, 0.2) is 11.2 Å². The van der Waals surface area contributed by atoms with Crippen LogP contribution in [0.4, 0.5) is 10.3 Å². The fraction of sp³-hybridized carbons (Fsp3) is 0.333. The van der Waals surface area contributed by atoms with Gasteiger partial charge in [0.05, 0.1) is 18.3 Å². The first-order chi connectivity index (χ1) is 13.2. The second-order valence-electron chi connectivity index (χ2n) is 6.83. The van der Waals surface area contributed by atoms with Crippen LogP contribution < -0.4 is 16.3 Å². The van der Waals surface area contributed by atoms with E-state index in [4.69, 9.17) is 11.6 Å². The summed E-state index contributed by atoms with van der Waals surface area (Å²) in [7, 11) is 2.98. The van der Waals surface area contributed by atoms with Crippen LogP contribution in [0.3, 0.4) is 0 Å². The topological polar surface area (TPSA) is 77.4 Å². The largest absolute Gasteiger partial charge is 0.332 e. The zero-order valence-corrected chi connectivity index (χ0v) is 16.5. The van der Waals surface area contributed by atoms with E-state index in [0.29, 0.717) is 11.5 Å². The van der Waals surface area contributed by atoms with Crippen LogP contribution in [0.15, 0.2) is 32.9 Å². The second-order valence-corrected chi connectivity index (χ2v) is 7.24. The quantitative estimate of drug-likeness (QED) is 0.656.